The van der Waals surface area contributed by atoms with Crippen LogP contribution in [0.25, 0.3) is 0 Å². The van der Waals surface area contributed by atoms with Crippen LogP contribution in [0.4, 0.5) is 5.82 Å². The Bertz CT molecular complexity index is 767. The maximum Gasteiger partial charge on any atom is 0.262 e. The van der Waals surface area contributed by atoms with Gasteiger partial charge in [0.1, 0.15) is 5.82 Å². The van der Waals surface area contributed by atoms with Crippen LogP contribution in [-0.4, -0.2) is 41.3 Å². The lowest BCUT2D eigenvalue weighted by molar-refractivity contribution is -0.00744. The minimum absolute atomic E-state index is 0.0933. The van der Waals surface area contributed by atoms with Crippen LogP contribution >= 0.6 is 11.6 Å². The summed E-state index contributed by atoms with van der Waals surface area (Å²) in [5, 5.41) is 13.8. The first-order valence-electron chi connectivity index (χ1n) is 8.54. The van der Waals surface area contributed by atoms with Crippen molar-refractivity contribution in [1.29, 1.82) is 0 Å². The van der Waals surface area contributed by atoms with Gasteiger partial charge in [0.2, 0.25) is 0 Å². The number of nitrogens with zero attached hydrogens (tertiary/aromatic N) is 2. The molecule has 0 saturated heterocycles. The Labute approximate surface area is 157 Å². The van der Waals surface area contributed by atoms with Crippen molar-refractivity contribution in [2.24, 2.45) is 0 Å². The predicted octanol–water partition coefficient (Wildman–Crippen LogP) is 2.77. The van der Waals surface area contributed by atoms with Gasteiger partial charge in [-0.3, -0.25) is 9.69 Å². The van der Waals surface area contributed by atoms with Crippen LogP contribution < -0.4 is 10.2 Å². The van der Waals surface area contributed by atoms with Crippen molar-refractivity contribution in [2.75, 3.05) is 18.1 Å². The van der Waals surface area contributed by atoms with Crippen LogP contribution in [0.1, 0.15) is 36.0 Å². The number of halogens is 1. The highest BCUT2D eigenvalue weighted by Crippen LogP contribution is 2.37. The molecule has 0 bridgehead atoms. The SMILES string of the molecule is CC(C)NCC(O)COC1c2ccccc2C(=O)N1c1ccc(Cl)cn1. The van der Waals surface area contributed by atoms with Crippen LogP contribution in [0, 0.1) is 0 Å². The van der Waals surface area contributed by atoms with Crippen LogP contribution in [-0.2, 0) is 4.74 Å². The van der Waals surface area contributed by atoms with Crippen LogP contribution in [0.2, 0.25) is 5.02 Å². The Morgan fingerprint density at radius 1 is 1.31 bits per heavy atom. The number of aliphatic hydroxyl groups excluding tert-OH is 1. The molecule has 0 spiro atoms. The molecule has 2 heterocycles. The lowest BCUT2D eigenvalue weighted by Gasteiger charge is -2.26. The largest absolute Gasteiger partial charge is 0.389 e. The van der Waals surface area contributed by atoms with Gasteiger partial charge in [0, 0.05) is 29.9 Å². The van der Waals surface area contributed by atoms with E-state index in [2.05, 4.69) is 10.3 Å². The molecule has 2 unspecified atom stereocenters. The van der Waals surface area contributed by atoms with Gasteiger partial charge in [-0.2, -0.15) is 0 Å². The van der Waals surface area contributed by atoms with E-state index in [1.165, 1.54) is 11.1 Å². The molecule has 1 aliphatic heterocycles. The molecule has 0 saturated carbocycles. The minimum Gasteiger partial charge on any atom is -0.389 e. The second-order valence-electron chi connectivity index (χ2n) is 6.50. The minimum atomic E-state index is -0.680. The molecular weight excluding hydrogens is 354 g/mol. The molecule has 2 aromatic rings. The maximum atomic E-state index is 12.9. The maximum absolute atomic E-state index is 12.9. The summed E-state index contributed by atoms with van der Waals surface area (Å²) in [6.07, 6.45) is 0.174. The summed E-state index contributed by atoms with van der Waals surface area (Å²) in [4.78, 5) is 18.6. The fourth-order valence-electron chi connectivity index (χ4n) is 2.81. The standard InChI is InChI=1S/C19H22ClN3O3/c1-12(2)21-10-14(24)11-26-19-16-6-4-3-5-15(16)18(25)23(19)17-8-7-13(20)9-22-17/h3-9,12,14,19,21,24H,10-11H2,1-2H3. The molecule has 1 aromatic carbocycles. The molecular formula is C19H22ClN3O3. The summed E-state index contributed by atoms with van der Waals surface area (Å²) in [5.41, 5.74) is 1.34. The van der Waals surface area contributed by atoms with E-state index < -0.39 is 12.3 Å². The first-order chi connectivity index (χ1) is 12.5. The number of anilines is 1. The fraction of sp³-hybridized carbons (Fsp3) is 0.368. The van der Waals surface area contributed by atoms with Crippen LogP contribution in [0.5, 0.6) is 0 Å². The van der Waals surface area contributed by atoms with Gasteiger partial charge >= 0.3 is 0 Å². The number of benzene rings is 1. The average molecular weight is 376 g/mol. The number of carbonyl (C=O) groups excluding carboxylic acids is 1. The predicted molar refractivity (Wildman–Crippen MR) is 100 cm³/mol. The van der Waals surface area contributed by atoms with Gasteiger partial charge < -0.3 is 15.2 Å². The molecule has 3 rings (SSSR count). The van der Waals surface area contributed by atoms with E-state index in [0.29, 0.717) is 22.9 Å². The lowest BCUT2D eigenvalue weighted by Crippen LogP contribution is -2.37. The van der Waals surface area contributed by atoms with Gasteiger partial charge in [0.25, 0.3) is 5.91 Å². The zero-order valence-electron chi connectivity index (χ0n) is 14.7. The van der Waals surface area contributed by atoms with Crippen molar-refractivity contribution >= 4 is 23.3 Å². The molecule has 138 valence electrons. The van der Waals surface area contributed by atoms with E-state index in [1.807, 2.05) is 32.0 Å². The molecule has 6 nitrogen and oxygen atoms in total. The molecule has 2 N–H and O–H groups in total. The number of aliphatic hydroxyl groups is 1. The summed E-state index contributed by atoms with van der Waals surface area (Å²) >= 11 is 5.91. The van der Waals surface area contributed by atoms with E-state index >= 15 is 0 Å². The number of hydrogen-bond donors (Lipinski definition) is 2. The number of aromatic nitrogens is 1. The Kier molecular flexibility index (Phi) is 5.88. The summed E-state index contributed by atoms with van der Waals surface area (Å²) in [6, 6.07) is 10.9. The zero-order chi connectivity index (χ0) is 18.7. The van der Waals surface area contributed by atoms with Crippen molar-refractivity contribution in [1.82, 2.24) is 10.3 Å². The molecule has 2 atom stereocenters. The number of nitrogens with one attached hydrogen (secondary N) is 1. The van der Waals surface area contributed by atoms with Gasteiger partial charge in [0.15, 0.2) is 6.23 Å². The monoisotopic (exact) mass is 375 g/mol. The van der Waals surface area contributed by atoms with E-state index in [0.717, 1.165) is 5.56 Å². The molecule has 1 amide bonds. The summed E-state index contributed by atoms with van der Waals surface area (Å²) in [5.74, 6) is 0.269. The number of ether oxygens (including phenoxy) is 1. The third-order valence-corrected chi connectivity index (χ3v) is 4.30. The average Bonchev–Trinajstić information content (AvgIpc) is 2.91. The van der Waals surface area contributed by atoms with Gasteiger partial charge in [-0.25, -0.2) is 4.98 Å². The molecule has 1 aromatic heterocycles. The Hall–Kier alpha value is -1.99. The number of fused-ring (bicyclic) bond motifs is 1. The molecule has 26 heavy (non-hydrogen) atoms. The normalized spacial score (nSPS) is 17.7. The lowest BCUT2D eigenvalue weighted by atomic mass is 10.1. The third kappa shape index (κ3) is 4.04. The van der Waals surface area contributed by atoms with Gasteiger partial charge in [-0.1, -0.05) is 43.6 Å². The summed E-state index contributed by atoms with van der Waals surface area (Å²) < 4.78 is 5.93. The molecule has 0 fully saturated rings. The van der Waals surface area contributed by atoms with Crippen molar-refractivity contribution in [3.05, 3.63) is 58.7 Å². The third-order valence-electron chi connectivity index (χ3n) is 4.08. The highest BCUT2D eigenvalue weighted by Gasteiger charge is 2.39. The Morgan fingerprint density at radius 3 is 2.77 bits per heavy atom. The van der Waals surface area contributed by atoms with Crippen molar-refractivity contribution < 1.29 is 14.6 Å². The van der Waals surface area contributed by atoms with Gasteiger partial charge in [-0.15, -0.1) is 0 Å². The topological polar surface area (TPSA) is 74.7 Å². The van der Waals surface area contributed by atoms with Gasteiger partial charge in [-0.05, 0) is 18.2 Å². The number of hydrogen-bond acceptors (Lipinski definition) is 5. The Balaban J connectivity index is 1.81. The fourth-order valence-corrected chi connectivity index (χ4v) is 2.93. The van der Waals surface area contributed by atoms with Crippen molar-refractivity contribution in [3.8, 4) is 0 Å². The number of amides is 1. The highest BCUT2D eigenvalue weighted by atomic mass is 35.5. The van der Waals surface area contributed by atoms with Crippen LogP contribution in [0.3, 0.4) is 0 Å². The quantitative estimate of drug-likeness (QED) is 0.778. The van der Waals surface area contributed by atoms with E-state index in [1.54, 1.807) is 18.2 Å². The molecule has 0 aliphatic carbocycles. The number of rotatable bonds is 7. The number of carbonyl (C=O) groups is 1. The van der Waals surface area contributed by atoms with Gasteiger partial charge in [0.05, 0.1) is 17.7 Å². The van der Waals surface area contributed by atoms with Crippen LogP contribution in [0.15, 0.2) is 42.6 Å². The number of pyridine rings is 1. The smallest absolute Gasteiger partial charge is 0.262 e. The second-order valence-corrected chi connectivity index (χ2v) is 6.94. The first kappa shape index (κ1) is 18.8. The van der Waals surface area contributed by atoms with E-state index in [9.17, 15) is 9.90 Å². The molecule has 1 aliphatic rings. The van der Waals surface area contributed by atoms with E-state index in [4.69, 9.17) is 16.3 Å². The summed E-state index contributed by atoms with van der Waals surface area (Å²) in [7, 11) is 0. The van der Waals surface area contributed by atoms with E-state index in [-0.39, 0.29) is 18.6 Å². The summed E-state index contributed by atoms with van der Waals surface area (Å²) in [6.45, 7) is 4.52. The highest BCUT2D eigenvalue weighted by molar-refractivity contribution is 6.30. The molecule has 7 heteroatoms. The zero-order valence-corrected chi connectivity index (χ0v) is 15.5. The van der Waals surface area contributed by atoms with Crippen molar-refractivity contribution in [3.63, 3.8) is 0 Å². The first-order valence-corrected chi connectivity index (χ1v) is 8.92. The Morgan fingerprint density at radius 2 is 2.08 bits per heavy atom. The second kappa shape index (κ2) is 8.14. The molecule has 0 radical (unpaired) electrons. The van der Waals surface area contributed by atoms with Crippen molar-refractivity contribution in [2.45, 2.75) is 32.2 Å².